The van der Waals surface area contributed by atoms with Crippen molar-refractivity contribution in [3.05, 3.63) is 35.2 Å². The molecule has 21 heavy (non-hydrogen) atoms. The molecule has 0 spiro atoms. The van der Waals surface area contributed by atoms with Crippen LogP contribution in [-0.2, 0) is 4.79 Å². The van der Waals surface area contributed by atoms with Gasteiger partial charge in [-0.05, 0) is 24.0 Å². The molecule has 0 bridgehead atoms. The molecule has 0 fully saturated rings. The third-order valence-corrected chi connectivity index (χ3v) is 3.21. The average molecular weight is 287 g/mol. The fourth-order valence-electron chi connectivity index (χ4n) is 2.21. The third kappa shape index (κ3) is 3.34. The van der Waals surface area contributed by atoms with Gasteiger partial charge >= 0.3 is 5.97 Å². The van der Waals surface area contributed by atoms with Gasteiger partial charge < -0.3 is 10.2 Å². The Kier molecular flexibility index (Phi) is 3.88. The highest BCUT2D eigenvalue weighted by Gasteiger charge is 2.28. The molecule has 1 aliphatic rings. The number of allylic oxidation sites excluding steroid dienone is 2. The van der Waals surface area contributed by atoms with Gasteiger partial charge in [0.1, 0.15) is 5.56 Å². The van der Waals surface area contributed by atoms with E-state index in [9.17, 15) is 14.7 Å². The van der Waals surface area contributed by atoms with Crippen LogP contribution in [0, 0.1) is 5.41 Å². The molecule has 0 saturated heterocycles. The van der Waals surface area contributed by atoms with Gasteiger partial charge in [0.2, 0.25) is 0 Å². The van der Waals surface area contributed by atoms with Crippen molar-refractivity contribution in [2.45, 2.75) is 26.7 Å². The Morgan fingerprint density at radius 3 is 2.81 bits per heavy atom. The van der Waals surface area contributed by atoms with Gasteiger partial charge in [-0.25, -0.2) is 14.8 Å². The lowest BCUT2D eigenvalue weighted by Crippen LogP contribution is -2.30. The minimum atomic E-state index is -1.16. The van der Waals surface area contributed by atoms with Crippen LogP contribution in [-0.4, -0.2) is 28.1 Å². The predicted molar refractivity (Wildman–Crippen MR) is 74.4 cm³/mol. The smallest absolute Gasteiger partial charge is 0.339 e. The Morgan fingerprint density at radius 2 is 2.19 bits per heavy atom. The summed E-state index contributed by atoms with van der Waals surface area (Å²) in [7, 11) is 0. The number of hydrogen-bond acceptors (Lipinski definition) is 5. The summed E-state index contributed by atoms with van der Waals surface area (Å²) in [5, 5.41) is 21.0. The predicted octanol–water partition coefficient (Wildman–Crippen LogP) is 1.49. The molecular weight excluding hydrogens is 272 g/mol. The number of hydrogen-bond donors (Lipinski definition) is 1. The highest BCUT2D eigenvalue weighted by Crippen LogP contribution is 2.34. The molecule has 0 aromatic carbocycles. The van der Waals surface area contributed by atoms with Crippen LogP contribution in [0.15, 0.2) is 34.7 Å². The van der Waals surface area contributed by atoms with Gasteiger partial charge in [0.25, 0.3) is 0 Å². The molecule has 0 atom stereocenters. The summed E-state index contributed by atoms with van der Waals surface area (Å²) < 4.78 is 0. The number of carboxylic acid groups (broad SMARTS) is 1. The topological polar surface area (TPSA) is 103 Å². The first-order valence-electron chi connectivity index (χ1n) is 6.46. The van der Waals surface area contributed by atoms with Crippen molar-refractivity contribution in [3.63, 3.8) is 0 Å². The summed E-state index contributed by atoms with van der Waals surface area (Å²) in [5.74, 6) is -1.73. The van der Waals surface area contributed by atoms with E-state index in [-0.39, 0.29) is 46.8 Å². The number of aromatic carboxylic acids is 1. The molecule has 1 aliphatic carbocycles. The van der Waals surface area contributed by atoms with Crippen molar-refractivity contribution < 1.29 is 19.8 Å². The second kappa shape index (κ2) is 5.47. The molecular formula is C15H15N2O4-. The van der Waals surface area contributed by atoms with Gasteiger partial charge in [-0.15, -0.1) is 5.76 Å². The van der Waals surface area contributed by atoms with Crippen molar-refractivity contribution >= 4 is 23.8 Å². The van der Waals surface area contributed by atoms with Gasteiger partial charge in [-0.2, -0.15) is 0 Å². The molecule has 6 heteroatoms. The second-order valence-electron chi connectivity index (χ2n) is 5.72. The Hall–Kier alpha value is -2.50. The Morgan fingerprint density at radius 1 is 1.48 bits per heavy atom. The molecule has 0 saturated carbocycles. The van der Waals surface area contributed by atoms with Crippen LogP contribution in [0.25, 0.3) is 0 Å². The number of pyridine rings is 1. The number of rotatable bonds is 3. The van der Waals surface area contributed by atoms with Crippen molar-refractivity contribution in [2.75, 3.05) is 0 Å². The van der Waals surface area contributed by atoms with Crippen LogP contribution in [0.2, 0.25) is 0 Å². The normalized spacial score (nSPS) is 18.3. The molecule has 0 aliphatic heterocycles. The van der Waals surface area contributed by atoms with Crippen LogP contribution in [0.5, 0.6) is 0 Å². The molecule has 2 rings (SSSR count). The Balaban J connectivity index is 2.34. The SMILES string of the molecule is CC1(C)CC(=O)C(C=Nc2ncccc2C(=O)O)=C([O-])C1. The summed E-state index contributed by atoms with van der Waals surface area (Å²) in [4.78, 5) is 30.8. The lowest BCUT2D eigenvalue weighted by atomic mass is 9.77. The first-order valence-corrected chi connectivity index (χ1v) is 6.46. The third-order valence-electron chi connectivity index (χ3n) is 3.21. The molecule has 0 amide bonds. The molecule has 1 aromatic rings. The number of carboxylic acids is 1. The maximum Gasteiger partial charge on any atom is 0.339 e. The molecule has 0 unspecified atom stereocenters. The molecule has 1 N–H and O–H groups in total. The van der Waals surface area contributed by atoms with E-state index < -0.39 is 5.97 Å². The fourth-order valence-corrected chi connectivity index (χ4v) is 2.21. The Bertz CT molecular complexity index is 659. The number of carbonyl (C=O) groups excluding carboxylic acids is 1. The standard InChI is InChI=1S/C15H16N2O4/c1-15(2)6-11(18)10(12(19)7-15)8-17-13-9(14(20)21)4-3-5-16-13/h3-5,8,18H,6-7H2,1-2H3,(H,20,21)/p-1. The molecule has 1 heterocycles. The maximum absolute atomic E-state index is 12.0. The van der Waals surface area contributed by atoms with Gasteiger partial charge in [0.05, 0.1) is 0 Å². The van der Waals surface area contributed by atoms with E-state index in [0.717, 1.165) is 6.21 Å². The van der Waals surface area contributed by atoms with Gasteiger partial charge in [-0.3, -0.25) is 4.79 Å². The number of aromatic nitrogens is 1. The van der Waals surface area contributed by atoms with Crippen molar-refractivity contribution in [2.24, 2.45) is 10.4 Å². The van der Waals surface area contributed by atoms with E-state index in [4.69, 9.17) is 5.11 Å². The monoisotopic (exact) mass is 287 g/mol. The van der Waals surface area contributed by atoms with E-state index in [0.29, 0.717) is 0 Å². The van der Waals surface area contributed by atoms with Crippen LogP contribution >= 0.6 is 0 Å². The van der Waals surface area contributed by atoms with Crippen LogP contribution in [0.1, 0.15) is 37.0 Å². The highest BCUT2D eigenvalue weighted by molar-refractivity contribution is 6.15. The molecule has 110 valence electrons. The van der Waals surface area contributed by atoms with Gasteiger partial charge in [0.15, 0.2) is 11.6 Å². The first-order chi connectivity index (χ1) is 9.80. The minimum Gasteiger partial charge on any atom is -0.875 e. The van der Waals surface area contributed by atoms with Crippen LogP contribution in [0.3, 0.4) is 0 Å². The van der Waals surface area contributed by atoms with Crippen LogP contribution in [0.4, 0.5) is 5.82 Å². The largest absolute Gasteiger partial charge is 0.875 e. The van der Waals surface area contributed by atoms with E-state index in [1.54, 1.807) is 0 Å². The molecule has 1 aromatic heterocycles. The number of nitrogens with zero attached hydrogens (tertiary/aromatic N) is 2. The number of ketones is 1. The lowest BCUT2D eigenvalue weighted by Gasteiger charge is -2.33. The van der Waals surface area contributed by atoms with Gasteiger partial charge in [0, 0.05) is 24.4 Å². The van der Waals surface area contributed by atoms with E-state index in [1.807, 2.05) is 13.8 Å². The van der Waals surface area contributed by atoms with Crippen molar-refractivity contribution in [3.8, 4) is 0 Å². The maximum atomic E-state index is 12.0. The zero-order valence-electron chi connectivity index (χ0n) is 11.8. The number of aliphatic imine (C=N–C) groups is 1. The van der Waals surface area contributed by atoms with E-state index >= 15 is 0 Å². The summed E-state index contributed by atoms with van der Waals surface area (Å²) in [6, 6.07) is 2.84. The average Bonchev–Trinajstić information content (AvgIpc) is 2.36. The number of carbonyl (C=O) groups is 2. The second-order valence-corrected chi connectivity index (χ2v) is 5.72. The summed E-state index contributed by atoms with van der Waals surface area (Å²) in [6.45, 7) is 3.72. The van der Waals surface area contributed by atoms with Crippen molar-refractivity contribution in [1.29, 1.82) is 0 Å². The molecule has 0 radical (unpaired) electrons. The van der Waals surface area contributed by atoms with Crippen LogP contribution < -0.4 is 5.11 Å². The fraction of sp³-hybridized carbons (Fsp3) is 0.333. The number of Topliss-reactive ketones (excluding diaryl/α,β-unsaturated/α-hetero) is 1. The lowest BCUT2D eigenvalue weighted by molar-refractivity contribution is -0.311. The Labute approximate surface area is 121 Å². The minimum absolute atomic E-state index is 0.0105. The highest BCUT2D eigenvalue weighted by atomic mass is 16.4. The summed E-state index contributed by atoms with van der Waals surface area (Å²) in [5.41, 5.74) is -0.412. The quantitative estimate of drug-likeness (QED) is 0.848. The summed E-state index contributed by atoms with van der Waals surface area (Å²) >= 11 is 0. The zero-order chi connectivity index (χ0) is 15.6. The summed E-state index contributed by atoms with van der Waals surface area (Å²) in [6.07, 6.45) is 3.08. The van der Waals surface area contributed by atoms with E-state index in [1.165, 1.54) is 18.3 Å². The van der Waals surface area contributed by atoms with Crippen molar-refractivity contribution in [1.82, 2.24) is 4.98 Å². The molecule has 6 nitrogen and oxygen atoms in total. The van der Waals surface area contributed by atoms with Gasteiger partial charge in [-0.1, -0.05) is 13.8 Å². The zero-order valence-corrected chi connectivity index (χ0v) is 11.8. The first kappa shape index (κ1) is 14.9. The van der Waals surface area contributed by atoms with E-state index in [2.05, 4.69) is 9.98 Å².